The number of halogens is 1. The second kappa shape index (κ2) is 6.00. The maximum absolute atomic E-state index is 5.57. The summed E-state index contributed by atoms with van der Waals surface area (Å²) in [5, 5.41) is 8.25. The highest BCUT2D eigenvalue weighted by Gasteiger charge is 2.14. The molecule has 0 spiro atoms. The molecule has 108 valence electrons. The fourth-order valence-corrected chi connectivity index (χ4v) is 3.31. The summed E-state index contributed by atoms with van der Waals surface area (Å²) in [4.78, 5) is 14.2. The highest BCUT2D eigenvalue weighted by molar-refractivity contribution is 9.10. The topological polar surface area (TPSA) is 93.4 Å². The number of aromatic amines is 1. The van der Waals surface area contributed by atoms with Crippen LogP contribution in [0.5, 0.6) is 0 Å². The van der Waals surface area contributed by atoms with Crippen LogP contribution in [0.2, 0.25) is 0 Å². The molecule has 0 saturated carbocycles. The summed E-state index contributed by atoms with van der Waals surface area (Å²) < 4.78 is 0.894. The van der Waals surface area contributed by atoms with Crippen molar-refractivity contribution in [3.05, 3.63) is 33.6 Å². The number of pyridine rings is 1. The van der Waals surface area contributed by atoms with Gasteiger partial charge in [0, 0.05) is 28.9 Å². The van der Waals surface area contributed by atoms with Crippen LogP contribution in [0.15, 0.2) is 22.9 Å². The second-order valence-electron chi connectivity index (χ2n) is 4.46. The molecule has 0 aliphatic rings. The molecule has 0 aliphatic heterocycles. The van der Waals surface area contributed by atoms with Gasteiger partial charge in [0.15, 0.2) is 11.6 Å². The van der Waals surface area contributed by atoms with Crippen molar-refractivity contribution in [2.75, 3.05) is 6.54 Å². The average Bonchev–Trinajstić information content (AvgIpc) is 3.06. The predicted molar refractivity (Wildman–Crippen MR) is 85.9 cm³/mol. The summed E-state index contributed by atoms with van der Waals surface area (Å²) in [7, 11) is 0. The molecule has 6 nitrogen and oxygen atoms in total. The number of aryl methyl sites for hydroxylation is 1. The first-order valence-electron chi connectivity index (χ1n) is 6.37. The Morgan fingerprint density at radius 1 is 1.33 bits per heavy atom. The van der Waals surface area contributed by atoms with Crippen molar-refractivity contribution in [3.63, 3.8) is 0 Å². The van der Waals surface area contributed by atoms with Gasteiger partial charge in [0.05, 0.1) is 15.6 Å². The van der Waals surface area contributed by atoms with Gasteiger partial charge in [-0.3, -0.25) is 10.1 Å². The minimum absolute atomic E-state index is 0.595. The normalized spacial score (nSPS) is 11.0. The van der Waals surface area contributed by atoms with E-state index in [1.54, 1.807) is 23.7 Å². The molecule has 3 aromatic heterocycles. The van der Waals surface area contributed by atoms with Gasteiger partial charge in [-0.1, -0.05) is 0 Å². The van der Waals surface area contributed by atoms with Crippen molar-refractivity contribution in [2.24, 2.45) is 5.73 Å². The summed E-state index contributed by atoms with van der Waals surface area (Å²) >= 11 is 4.99. The predicted octanol–water partition coefficient (Wildman–Crippen LogP) is 2.56. The molecule has 0 bridgehead atoms. The number of nitrogens with zero attached hydrogens (tertiary/aromatic N) is 4. The first-order chi connectivity index (χ1) is 10.2. The maximum Gasteiger partial charge on any atom is 0.183 e. The number of rotatable bonds is 4. The molecule has 0 aliphatic carbocycles. The first kappa shape index (κ1) is 14.3. The molecule has 0 aromatic carbocycles. The number of thiazole rings is 1. The average molecular weight is 365 g/mol. The summed E-state index contributed by atoms with van der Waals surface area (Å²) in [5.74, 6) is 1.34. The fraction of sp³-hybridized carbons (Fsp3) is 0.231. The minimum atomic E-state index is 0.595. The van der Waals surface area contributed by atoms with Gasteiger partial charge < -0.3 is 5.73 Å². The van der Waals surface area contributed by atoms with Crippen molar-refractivity contribution in [3.8, 4) is 22.1 Å². The van der Waals surface area contributed by atoms with Crippen LogP contribution in [0.25, 0.3) is 22.1 Å². The molecule has 3 heterocycles. The van der Waals surface area contributed by atoms with Crippen LogP contribution in [0.3, 0.4) is 0 Å². The van der Waals surface area contributed by atoms with Crippen molar-refractivity contribution >= 4 is 27.3 Å². The van der Waals surface area contributed by atoms with E-state index >= 15 is 0 Å². The van der Waals surface area contributed by atoms with Gasteiger partial charge in [0.2, 0.25) is 0 Å². The molecule has 3 N–H and O–H groups in total. The molecule has 8 heteroatoms. The lowest BCUT2D eigenvalue weighted by atomic mass is 10.3. The molecular formula is C13H13BrN6S. The number of H-pyrrole nitrogens is 1. The number of nitrogens with two attached hydrogens (primary N) is 1. The number of aromatic nitrogens is 5. The molecule has 0 saturated heterocycles. The van der Waals surface area contributed by atoms with Crippen LogP contribution >= 0.6 is 27.3 Å². The van der Waals surface area contributed by atoms with Crippen LogP contribution in [0.1, 0.15) is 10.7 Å². The smallest absolute Gasteiger partial charge is 0.183 e. The Kier molecular flexibility index (Phi) is 4.09. The Morgan fingerprint density at radius 2 is 2.19 bits per heavy atom. The van der Waals surface area contributed by atoms with Crippen LogP contribution in [0, 0.1) is 6.92 Å². The highest BCUT2D eigenvalue weighted by Crippen LogP contribution is 2.29. The van der Waals surface area contributed by atoms with E-state index in [1.165, 1.54) is 0 Å². The Hall–Kier alpha value is -1.64. The van der Waals surface area contributed by atoms with E-state index < -0.39 is 0 Å². The minimum Gasteiger partial charge on any atom is -0.330 e. The molecule has 0 amide bonds. The Bertz CT molecular complexity index is 766. The fourth-order valence-electron chi connectivity index (χ4n) is 1.93. The van der Waals surface area contributed by atoms with Crippen molar-refractivity contribution in [1.29, 1.82) is 0 Å². The van der Waals surface area contributed by atoms with Crippen molar-refractivity contribution < 1.29 is 0 Å². The van der Waals surface area contributed by atoms with Gasteiger partial charge in [-0.25, -0.2) is 9.97 Å². The quantitative estimate of drug-likeness (QED) is 0.741. The molecule has 0 radical (unpaired) electrons. The summed E-state index contributed by atoms with van der Waals surface area (Å²) in [6, 6.07) is 1.93. The van der Waals surface area contributed by atoms with Crippen LogP contribution in [-0.4, -0.2) is 31.7 Å². The molecule has 3 rings (SSSR count). The van der Waals surface area contributed by atoms with E-state index in [1.807, 2.05) is 13.0 Å². The lowest BCUT2D eigenvalue weighted by Crippen LogP contribution is -2.01. The summed E-state index contributed by atoms with van der Waals surface area (Å²) in [6.07, 6.45) is 4.24. The van der Waals surface area contributed by atoms with Gasteiger partial charge in [-0.05, 0) is 35.5 Å². The Labute approximate surface area is 134 Å². The Balaban J connectivity index is 1.95. The molecule has 0 unspecified atom stereocenters. The van der Waals surface area contributed by atoms with Gasteiger partial charge in [-0.15, -0.1) is 11.3 Å². The monoisotopic (exact) mass is 364 g/mol. The van der Waals surface area contributed by atoms with E-state index in [0.717, 1.165) is 37.9 Å². The maximum atomic E-state index is 5.57. The van der Waals surface area contributed by atoms with Crippen LogP contribution in [0.4, 0.5) is 0 Å². The SMILES string of the molecule is Cc1nc(CCN)sc1-c1nc(-c2cncc(Br)c2)n[nH]1. The van der Waals surface area contributed by atoms with E-state index in [2.05, 4.69) is 41.1 Å². The highest BCUT2D eigenvalue weighted by atomic mass is 79.9. The first-order valence-corrected chi connectivity index (χ1v) is 7.98. The largest absolute Gasteiger partial charge is 0.330 e. The van der Waals surface area contributed by atoms with E-state index in [4.69, 9.17) is 5.73 Å². The summed E-state index contributed by atoms with van der Waals surface area (Å²) in [6.45, 7) is 2.56. The van der Waals surface area contributed by atoms with Crippen molar-refractivity contribution in [2.45, 2.75) is 13.3 Å². The van der Waals surface area contributed by atoms with E-state index in [9.17, 15) is 0 Å². The van der Waals surface area contributed by atoms with Gasteiger partial charge in [-0.2, -0.15) is 5.10 Å². The van der Waals surface area contributed by atoms with E-state index in [-0.39, 0.29) is 0 Å². The molecule has 3 aromatic rings. The molecule has 21 heavy (non-hydrogen) atoms. The lowest BCUT2D eigenvalue weighted by molar-refractivity contribution is 0.945. The third kappa shape index (κ3) is 3.02. The number of hydrogen-bond acceptors (Lipinski definition) is 6. The molecule has 0 atom stereocenters. The second-order valence-corrected chi connectivity index (χ2v) is 6.46. The van der Waals surface area contributed by atoms with Gasteiger partial charge >= 0.3 is 0 Å². The van der Waals surface area contributed by atoms with Crippen LogP contribution < -0.4 is 5.73 Å². The zero-order chi connectivity index (χ0) is 14.8. The number of hydrogen-bond donors (Lipinski definition) is 2. The lowest BCUT2D eigenvalue weighted by Gasteiger charge is -1.94. The molecule has 0 fully saturated rings. The van der Waals surface area contributed by atoms with Gasteiger partial charge in [0.25, 0.3) is 0 Å². The van der Waals surface area contributed by atoms with Crippen LogP contribution in [-0.2, 0) is 6.42 Å². The number of nitrogens with one attached hydrogen (secondary N) is 1. The zero-order valence-electron chi connectivity index (χ0n) is 11.3. The molecular weight excluding hydrogens is 352 g/mol. The Morgan fingerprint density at radius 3 is 2.95 bits per heavy atom. The third-order valence-corrected chi connectivity index (χ3v) is 4.52. The third-order valence-electron chi connectivity index (χ3n) is 2.86. The summed E-state index contributed by atoms with van der Waals surface area (Å²) in [5.41, 5.74) is 7.37. The van der Waals surface area contributed by atoms with E-state index in [0.29, 0.717) is 12.4 Å². The van der Waals surface area contributed by atoms with Gasteiger partial charge in [0.1, 0.15) is 0 Å². The standard InChI is InChI=1S/C13H13BrN6S/c1-7-11(21-10(17-7)2-3-15)13-18-12(19-20-13)8-4-9(14)6-16-5-8/h4-6H,2-3,15H2,1H3,(H,18,19,20). The van der Waals surface area contributed by atoms with Crippen molar-refractivity contribution in [1.82, 2.24) is 25.1 Å². The zero-order valence-corrected chi connectivity index (χ0v) is 13.7.